The predicted octanol–water partition coefficient (Wildman–Crippen LogP) is 3.20. The number of hydrogen-bond acceptors (Lipinski definition) is 5. The van der Waals surface area contributed by atoms with Gasteiger partial charge in [-0.3, -0.25) is 24.2 Å². The van der Waals surface area contributed by atoms with Crippen LogP contribution in [0.1, 0.15) is 57.9 Å². The molecular weight excluding hydrogens is 446 g/mol. The molecule has 0 bridgehead atoms. The molecule has 1 spiro atoms. The van der Waals surface area contributed by atoms with Crippen LogP contribution in [0, 0.1) is 17.3 Å². The van der Waals surface area contributed by atoms with Crippen molar-refractivity contribution >= 4 is 23.8 Å². The van der Waals surface area contributed by atoms with Crippen LogP contribution in [-0.2, 0) is 25.7 Å². The van der Waals surface area contributed by atoms with Crippen molar-refractivity contribution in [2.24, 2.45) is 17.3 Å². The second-order valence-electron chi connectivity index (χ2n) is 11.0. The maximum atomic E-state index is 14.0. The van der Waals surface area contributed by atoms with Crippen molar-refractivity contribution in [2.45, 2.75) is 77.1 Å². The number of carbonyl (C=O) groups is 4. The maximum absolute atomic E-state index is 14.0. The molecule has 2 heterocycles. The highest BCUT2D eigenvalue weighted by Gasteiger charge is 2.68. The molecule has 8 nitrogen and oxygen atoms in total. The Kier molecular flexibility index (Phi) is 6.09. The van der Waals surface area contributed by atoms with Crippen LogP contribution in [0.15, 0.2) is 30.3 Å². The third-order valence-corrected chi connectivity index (χ3v) is 8.40. The molecule has 0 N–H and O–H groups in total. The van der Waals surface area contributed by atoms with Crippen molar-refractivity contribution in [3.05, 3.63) is 35.9 Å². The molecule has 4 amide bonds. The third kappa shape index (κ3) is 3.91. The molecular formula is C27H35N3O5. The molecule has 5 rings (SSSR count). The number of hydrogen-bond donors (Lipinski definition) is 0. The van der Waals surface area contributed by atoms with E-state index in [0.29, 0.717) is 25.8 Å². The Morgan fingerprint density at radius 3 is 2.37 bits per heavy atom. The molecule has 0 radical (unpaired) electrons. The Bertz CT molecular complexity index is 1020. The minimum Gasteiger partial charge on any atom is -0.445 e. The number of nitrogens with zero attached hydrogens (tertiary/aromatic N) is 3. The zero-order valence-corrected chi connectivity index (χ0v) is 20.8. The second-order valence-corrected chi connectivity index (χ2v) is 11.0. The molecule has 0 unspecified atom stereocenters. The van der Waals surface area contributed by atoms with Gasteiger partial charge in [0.15, 0.2) is 0 Å². The standard InChI is InChI=1S/C27H35N3O5/c1-17(2)21(28(3)26(34)35-16-18-8-5-4-6-9-18)24(32)29-15-12-20-22(29)27(13-7-14-27)25(33)30(20)23(31)19-10-11-19/h4-6,8-9,17,19-22H,7,10-16H2,1-3H3/t20-,21-,22-/m0/s1. The Balaban J connectivity index is 1.34. The first-order chi connectivity index (χ1) is 16.8. The van der Waals surface area contributed by atoms with Crippen molar-refractivity contribution in [2.75, 3.05) is 13.6 Å². The summed E-state index contributed by atoms with van der Waals surface area (Å²) in [5, 5.41) is 0. The lowest BCUT2D eigenvalue weighted by Gasteiger charge is -2.45. The Hall–Kier alpha value is -2.90. The van der Waals surface area contributed by atoms with Gasteiger partial charge in [0.05, 0.1) is 17.5 Å². The van der Waals surface area contributed by atoms with E-state index in [1.165, 1.54) is 9.80 Å². The van der Waals surface area contributed by atoms with Crippen LogP contribution in [0.25, 0.3) is 0 Å². The summed E-state index contributed by atoms with van der Waals surface area (Å²) in [5.74, 6) is -0.468. The number of fused-ring (bicyclic) bond motifs is 2. The van der Waals surface area contributed by atoms with E-state index in [0.717, 1.165) is 24.8 Å². The summed E-state index contributed by atoms with van der Waals surface area (Å²) >= 11 is 0. The van der Waals surface area contributed by atoms with Gasteiger partial charge in [-0.2, -0.15) is 0 Å². The summed E-state index contributed by atoms with van der Waals surface area (Å²) in [6.07, 6.45) is 4.11. The number of carbonyl (C=O) groups excluding carboxylic acids is 4. The van der Waals surface area contributed by atoms with Crippen molar-refractivity contribution in [1.29, 1.82) is 0 Å². The molecule has 188 valence electrons. The number of likely N-dealkylation sites (tertiary alicyclic amines) is 2. The van der Waals surface area contributed by atoms with Crippen molar-refractivity contribution in [3.63, 3.8) is 0 Å². The zero-order chi connectivity index (χ0) is 24.9. The lowest BCUT2D eigenvalue weighted by atomic mass is 9.64. The summed E-state index contributed by atoms with van der Waals surface area (Å²) < 4.78 is 5.50. The summed E-state index contributed by atoms with van der Waals surface area (Å²) in [6.45, 7) is 4.46. The average Bonchev–Trinajstić information content (AvgIpc) is 3.52. The minimum absolute atomic E-state index is 0.0338. The molecule has 3 atom stereocenters. The average molecular weight is 482 g/mol. The lowest BCUT2D eigenvalue weighted by molar-refractivity contribution is -0.152. The highest BCUT2D eigenvalue weighted by Crippen LogP contribution is 2.56. The van der Waals surface area contributed by atoms with Crippen molar-refractivity contribution in [1.82, 2.24) is 14.7 Å². The summed E-state index contributed by atoms with van der Waals surface area (Å²) in [4.78, 5) is 58.1. The lowest BCUT2D eigenvalue weighted by Crippen LogP contribution is -2.58. The molecule has 0 aromatic heterocycles. The monoisotopic (exact) mass is 481 g/mol. The number of likely N-dealkylation sites (N-methyl/N-ethyl adjacent to an activating group) is 1. The van der Waals surface area contributed by atoms with Crippen LogP contribution in [0.3, 0.4) is 0 Å². The Morgan fingerprint density at radius 1 is 1.11 bits per heavy atom. The van der Waals surface area contributed by atoms with E-state index in [9.17, 15) is 19.2 Å². The number of rotatable bonds is 6. The second kappa shape index (κ2) is 8.95. The van der Waals surface area contributed by atoms with Gasteiger partial charge >= 0.3 is 6.09 Å². The van der Waals surface area contributed by atoms with Crippen LogP contribution in [0.5, 0.6) is 0 Å². The normalized spacial score (nSPS) is 25.4. The van der Waals surface area contributed by atoms with E-state index >= 15 is 0 Å². The fourth-order valence-corrected chi connectivity index (χ4v) is 6.34. The SMILES string of the molecule is CC(C)[C@@H](C(=O)N1CC[C@H]2[C@H]1C1(CCC1)C(=O)N2C(=O)C1CC1)N(C)C(=O)OCc1ccccc1. The van der Waals surface area contributed by atoms with Crippen LogP contribution >= 0.6 is 0 Å². The Labute approximate surface area is 206 Å². The van der Waals surface area contributed by atoms with Gasteiger partial charge in [-0.15, -0.1) is 0 Å². The first-order valence-corrected chi connectivity index (χ1v) is 12.9. The molecule has 4 aliphatic rings. The number of benzene rings is 1. The van der Waals surface area contributed by atoms with Gasteiger partial charge in [0.25, 0.3) is 0 Å². The van der Waals surface area contributed by atoms with E-state index in [-0.39, 0.29) is 48.2 Å². The fourth-order valence-electron chi connectivity index (χ4n) is 6.34. The number of imide groups is 1. The molecule has 8 heteroatoms. The van der Waals surface area contributed by atoms with Crippen molar-refractivity contribution < 1.29 is 23.9 Å². The molecule has 4 fully saturated rings. The van der Waals surface area contributed by atoms with Gasteiger partial charge in [-0.1, -0.05) is 50.6 Å². The first-order valence-electron chi connectivity index (χ1n) is 12.9. The fraction of sp³-hybridized carbons (Fsp3) is 0.630. The van der Waals surface area contributed by atoms with Crippen LogP contribution in [0.4, 0.5) is 4.79 Å². The predicted molar refractivity (Wildman–Crippen MR) is 128 cm³/mol. The van der Waals surface area contributed by atoms with E-state index in [4.69, 9.17) is 4.74 Å². The quantitative estimate of drug-likeness (QED) is 0.583. The van der Waals surface area contributed by atoms with Gasteiger partial charge in [0.1, 0.15) is 12.6 Å². The summed E-state index contributed by atoms with van der Waals surface area (Å²) in [6, 6.07) is 8.17. The van der Waals surface area contributed by atoms with Gasteiger partial charge in [0.2, 0.25) is 17.7 Å². The zero-order valence-electron chi connectivity index (χ0n) is 20.8. The largest absolute Gasteiger partial charge is 0.445 e. The van der Waals surface area contributed by atoms with E-state index < -0.39 is 17.6 Å². The van der Waals surface area contributed by atoms with Crippen LogP contribution in [0.2, 0.25) is 0 Å². The smallest absolute Gasteiger partial charge is 0.410 e. The number of amides is 4. The maximum Gasteiger partial charge on any atom is 0.410 e. The topological polar surface area (TPSA) is 87.2 Å². The molecule has 1 aromatic carbocycles. The van der Waals surface area contributed by atoms with Gasteiger partial charge in [-0.25, -0.2) is 4.79 Å². The molecule has 2 saturated heterocycles. The van der Waals surface area contributed by atoms with E-state index in [1.807, 2.05) is 49.1 Å². The van der Waals surface area contributed by atoms with Crippen LogP contribution in [-0.4, -0.2) is 70.2 Å². The number of ether oxygens (including phenoxy) is 1. The van der Waals surface area contributed by atoms with E-state index in [1.54, 1.807) is 7.05 Å². The Morgan fingerprint density at radius 2 is 1.80 bits per heavy atom. The van der Waals surface area contributed by atoms with Gasteiger partial charge in [-0.05, 0) is 43.6 Å². The third-order valence-electron chi connectivity index (χ3n) is 8.40. The minimum atomic E-state index is -0.711. The van der Waals surface area contributed by atoms with Crippen molar-refractivity contribution in [3.8, 4) is 0 Å². The first kappa shape index (κ1) is 23.8. The van der Waals surface area contributed by atoms with E-state index in [2.05, 4.69) is 0 Å². The highest BCUT2D eigenvalue weighted by molar-refractivity contribution is 6.04. The molecule has 2 saturated carbocycles. The summed E-state index contributed by atoms with van der Waals surface area (Å²) in [7, 11) is 1.60. The van der Waals surface area contributed by atoms with Crippen LogP contribution < -0.4 is 0 Å². The molecule has 2 aliphatic carbocycles. The molecule has 35 heavy (non-hydrogen) atoms. The highest BCUT2D eigenvalue weighted by atomic mass is 16.6. The molecule has 1 aromatic rings. The summed E-state index contributed by atoms with van der Waals surface area (Å²) in [5.41, 5.74) is 0.232. The van der Waals surface area contributed by atoms with Gasteiger partial charge in [0, 0.05) is 19.5 Å². The van der Waals surface area contributed by atoms with Gasteiger partial charge < -0.3 is 9.64 Å². The molecule has 2 aliphatic heterocycles.